The van der Waals surface area contributed by atoms with Crippen molar-refractivity contribution in [1.82, 2.24) is 5.32 Å². The van der Waals surface area contributed by atoms with Gasteiger partial charge in [0.15, 0.2) is 4.67 Å². The predicted molar refractivity (Wildman–Crippen MR) is 80.9 cm³/mol. The molecule has 20 heavy (non-hydrogen) atoms. The lowest BCUT2D eigenvalue weighted by Gasteiger charge is -2.16. The van der Waals surface area contributed by atoms with E-state index < -0.39 is 0 Å². The summed E-state index contributed by atoms with van der Waals surface area (Å²) in [5.41, 5.74) is 3.16. The smallest absolute Gasteiger partial charge is 0.231 e. The summed E-state index contributed by atoms with van der Waals surface area (Å²) >= 11 is 3.32. The summed E-state index contributed by atoms with van der Waals surface area (Å²) < 4.78 is 6.34. The first-order chi connectivity index (χ1) is 9.60. The van der Waals surface area contributed by atoms with Gasteiger partial charge in [0, 0.05) is 12.7 Å². The zero-order chi connectivity index (χ0) is 14.3. The van der Waals surface area contributed by atoms with Crippen molar-refractivity contribution in [1.29, 1.82) is 0 Å². The quantitative estimate of drug-likeness (QED) is 0.938. The number of hydrogen-bond donors (Lipinski definition) is 1. The van der Waals surface area contributed by atoms with Crippen molar-refractivity contribution >= 4 is 27.5 Å². The standard InChI is InChI=1S/C15H15BrN2O2/c1-17-15(12-5-6-13(16)20-12)9-3-4-11-10(7-9)8-14(19)18(11)2/h3-7,15,17H,8H2,1-2H3. The number of carbonyl (C=O) groups is 1. The lowest BCUT2D eigenvalue weighted by atomic mass is 10.0. The zero-order valence-electron chi connectivity index (χ0n) is 11.3. The number of rotatable bonds is 3. The molecule has 0 radical (unpaired) electrons. The highest BCUT2D eigenvalue weighted by Crippen LogP contribution is 2.32. The van der Waals surface area contributed by atoms with E-state index in [9.17, 15) is 4.79 Å². The topological polar surface area (TPSA) is 45.5 Å². The minimum Gasteiger partial charge on any atom is -0.452 e. The van der Waals surface area contributed by atoms with Crippen LogP contribution in [0.3, 0.4) is 0 Å². The van der Waals surface area contributed by atoms with Gasteiger partial charge in [0.25, 0.3) is 0 Å². The van der Waals surface area contributed by atoms with Gasteiger partial charge < -0.3 is 14.6 Å². The summed E-state index contributed by atoms with van der Waals surface area (Å²) in [6.45, 7) is 0. The van der Waals surface area contributed by atoms with Gasteiger partial charge >= 0.3 is 0 Å². The minimum atomic E-state index is -0.0207. The first kappa shape index (κ1) is 13.4. The molecule has 1 aliphatic heterocycles. The molecule has 1 aromatic heterocycles. The second-order valence-electron chi connectivity index (χ2n) is 4.88. The van der Waals surface area contributed by atoms with Crippen molar-refractivity contribution in [2.75, 3.05) is 19.0 Å². The summed E-state index contributed by atoms with van der Waals surface area (Å²) in [4.78, 5) is 13.4. The maximum atomic E-state index is 11.7. The molecule has 0 bridgehead atoms. The highest BCUT2D eigenvalue weighted by Gasteiger charge is 2.25. The van der Waals surface area contributed by atoms with Gasteiger partial charge in [-0.05, 0) is 52.3 Å². The van der Waals surface area contributed by atoms with Gasteiger partial charge in [0.2, 0.25) is 5.91 Å². The number of amides is 1. The molecule has 0 saturated heterocycles. The molecule has 3 rings (SSSR count). The summed E-state index contributed by atoms with van der Waals surface area (Å²) in [7, 11) is 3.71. The molecule has 1 N–H and O–H groups in total. The van der Waals surface area contributed by atoms with Crippen molar-refractivity contribution in [3.63, 3.8) is 0 Å². The molecule has 0 saturated carbocycles. The summed E-state index contributed by atoms with van der Waals surface area (Å²) in [5.74, 6) is 0.982. The minimum absolute atomic E-state index is 0.0207. The van der Waals surface area contributed by atoms with Crippen LogP contribution in [0.2, 0.25) is 0 Å². The fourth-order valence-electron chi connectivity index (χ4n) is 2.63. The summed E-state index contributed by atoms with van der Waals surface area (Å²) in [6, 6.07) is 9.91. The fraction of sp³-hybridized carbons (Fsp3) is 0.267. The van der Waals surface area contributed by atoms with Crippen LogP contribution in [0.25, 0.3) is 0 Å². The summed E-state index contributed by atoms with van der Waals surface area (Å²) in [6.07, 6.45) is 0.470. The molecule has 1 atom stereocenters. The Bertz CT molecular complexity index is 666. The van der Waals surface area contributed by atoms with Crippen LogP contribution in [-0.2, 0) is 11.2 Å². The van der Waals surface area contributed by atoms with E-state index in [4.69, 9.17) is 4.42 Å². The van der Waals surface area contributed by atoms with Gasteiger partial charge in [-0.15, -0.1) is 0 Å². The molecule has 0 fully saturated rings. The predicted octanol–water partition coefficient (Wildman–Crippen LogP) is 2.87. The van der Waals surface area contributed by atoms with E-state index in [-0.39, 0.29) is 11.9 Å². The van der Waals surface area contributed by atoms with E-state index in [0.29, 0.717) is 11.1 Å². The van der Waals surface area contributed by atoms with Crippen molar-refractivity contribution in [2.45, 2.75) is 12.5 Å². The SMILES string of the molecule is CNC(c1ccc2c(c1)CC(=O)N2C)c1ccc(Br)o1. The molecule has 1 aromatic carbocycles. The maximum Gasteiger partial charge on any atom is 0.231 e. The Morgan fingerprint density at radius 3 is 2.80 bits per heavy atom. The number of furan rings is 1. The average Bonchev–Trinajstić information content (AvgIpc) is 2.96. The highest BCUT2D eigenvalue weighted by molar-refractivity contribution is 9.10. The van der Waals surface area contributed by atoms with Gasteiger partial charge in [-0.2, -0.15) is 0 Å². The van der Waals surface area contributed by atoms with Crippen LogP contribution in [0, 0.1) is 0 Å². The molecule has 5 heteroatoms. The van der Waals surface area contributed by atoms with Crippen molar-refractivity contribution in [2.24, 2.45) is 0 Å². The molecule has 104 valence electrons. The molecule has 1 amide bonds. The maximum absolute atomic E-state index is 11.7. The monoisotopic (exact) mass is 334 g/mol. The molecule has 1 unspecified atom stereocenters. The number of benzene rings is 1. The molecule has 1 aliphatic rings. The lowest BCUT2D eigenvalue weighted by molar-refractivity contribution is -0.117. The Morgan fingerprint density at radius 1 is 1.35 bits per heavy atom. The molecule has 2 aromatic rings. The molecular formula is C15H15BrN2O2. The third kappa shape index (κ3) is 2.17. The van der Waals surface area contributed by atoms with Crippen molar-refractivity contribution < 1.29 is 9.21 Å². The number of likely N-dealkylation sites (N-methyl/N-ethyl adjacent to an activating group) is 1. The zero-order valence-corrected chi connectivity index (χ0v) is 12.9. The number of fused-ring (bicyclic) bond motifs is 1. The molecular weight excluding hydrogens is 320 g/mol. The third-order valence-electron chi connectivity index (χ3n) is 3.68. The van der Waals surface area contributed by atoms with Crippen LogP contribution < -0.4 is 10.2 Å². The van der Waals surface area contributed by atoms with Crippen LogP contribution >= 0.6 is 15.9 Å². The third-order valence-corrected chi connectivity index (χ3v) is 4.11. The Balaban J connectivity index is 1.98. The van der Waals surface area contributed by atoms with Crippen LogP contribution in [0.4, 0.5) is 5.69 Å². The number of anilines is 1. The first-order valence-corrected chi connectivity index (χ1v) is 7.21. The van der Waals surface area contributed by atoms with Gasteiger partial charge in [-0.1, -0.05) is 12.1 Å². The second kappa shape index (κ2) is 5.07. The first-order valence-electron chi connectivity index (χ1n) is 6.42. The van der Waals surface area contributed by atoms with Gasteiger partial charge in [-0.25, -0.2) is 0 Å². The van der Waals surface area contributed by atoms with E-state index in [0.717, 1.165) is 22.6 Å². The fourth-order valence-corrected chi connectivity index (χ4v) is 2.95. The van der Waals surface area contributed by atoms with E-state index in [1.54, 1.807) is 4.90 Å². The average molecular weight is 335 g/mol. The van der Waals surface area contributed by atoms with E-state index in [2.05, 4.69) is 27.3 Å². The second-order valence-corrected chi connectivity index (χ2v) is 5.66. The lowest BCUT2D eigenvalue weighted by Crippen LogP contribution is -2.20. The van der Waals surface area contributed by atoms with Crippen molar-refractivity contribution in [3.8, 4) is 0 Å². The molecule has 0 spiro atoms. The Hall–Kier alpha value is -1.59. The number of hydrogen-bond acceptors (Lipinski definition) is 3. The number of halogens is 1. The van der Waals surface area contributed by atoms with E-state index in [1.807, 2.05) is 38.4 Å². The van der Waals surface area contributed by atoms with Crippen LogP contribution in [0.15, 0.2) is 39.4 Å². The normalized spacial score (nSPS) is 15.6. The molecule has 2 heterocycles. The molecule has 0 aliphatic carbocycles. The van der Waals surface area contributed by atoms with Crippen LogP contribution in [0.1, 0.15) is 22.9 Å². The van der Waals surface area contributed by atoms with Crippen molar-refractivity contribution in [3.05, 3.63) is 51.9 Å². The van der Waals surface area contributed by atoms with Gasteiger partial charge in [0.1, 0.15) is 5.76 Å². The Kier molecular flexibility index (Phi) is 3.40. The highest BCUT2D eigenvalue weighted by atomic mass is 79.9. The van der Waals surface area contributed by atoms with Gasteiger partial charge in [-0.3, -0.25) is 4.79 Å². The molecule has 4 nitrogen and oxygen atoms in total. The largest absolute Gasteiger partial charge is 0.452 e. The van der Waals surface area contributed by atoms with Gasteiger partial charge in [0.05, 0.1) is 12.5 Å². The van der Waals surface area contributed by atoms with Crippen LogP contribution in [0.5, 0.6) is 0 Å². The van der Waals surface area contributed by atoms with E-state index >= 15 is 0 Å². The number of nitrogens with one attached hydrogen (secondary N) is 1. The summed E-state index contributed by atoms with van der Waals surface area (Å²) in [5, 5.41) is 3.25. The van der Waals surface area contributed by atoms with Crippen LogP contribution in [-0.4, -0.2) is 20.0 Å². The van der Waals surface area contributed by atoms with E-state index in [1.165, 1.54) is 0 Å². The Labute approximate surface area is 125 Å². The number of nitrogens with zero attached hydrogens (tertiary/aromatic N) is 1. The Morgan fingerprint density at radius 2 is 2.15 bits per heavy atom. The number of carbonyl (C=O) groups excluding carboxylic acids is 1.